The molecular formula is C25H38N2O4. The first-order chi connectivity index (χ1) is 14.8. The first kappa shape index (κ1) is 24.9. The average Bonchev–Trinajstić information content (AvgIpc) is 3.23. The molecule has 0 aromatic heterocycles. The molecule has 1 aromatic rings. The maximum atomic E-state index is 13.0. The van der Waals surface area contributed by atoms with Crippen LogP contribution in [0.3, 0.4) is 0 Å². The predicted molar refractivity (Wildman–Crippen MR) is 121 cm³/mol. The van der Waals surface area contributed by atoms with Crippen molar-refractivity contribution < 1.29 is 19.1 Å². The molecular weight excluding hydrogens is 392 g/mol. The van der Waals surface area contributed by atoms with E-state index in [-0.39, 0.29) is 23.8 Å². The molecule has 1 fully saturated rings. The van der Waals surface area contributed by atoms with Gasteiger partial charge in [-0.2, -0.15) is 0 Å². The summed E-state index contributed by atoms with van der Waals surface area (Å²) < 4.78 is 5.36. The van der Waals surface area contributed by atoms with Crippen LogP contribution in [-0.4, -0.2) is 36.0 Å². The standard InChI is InChI=1S/C25H38N2O4/c1-17(2)23(27-22(28)15-14-19-10-8-9-11-19)24(29)26-21(25(30)31-18(3)4)16-20-12-6-5-7-13-20/h5-7,12-13,17-19,21,23H,8-11,14-16H2,1-4H3,(H,26,29)(H,27,28)/t21-,23+/m1/s1. The van der Waals surface area contributed by atoms with E-state index in [2.05, 4.69) is 10.6 Å². The normalized spacial score (nSPS) is 16.2. The molecule has 1 saturated carbocycles. The third kappa shape index (κ3) is 8.72. The second kappa shape index (κ2) is 12.5. The van der Waals surface area contributed by atoms with Crippen molar-refractivity contribution in [1.29, 1.82) is 0 Å². The predicted octanol–water partition coefficient (Wildman–Crippen LogP) is 3.78. The highest BCUT2D eigenvalue weighted by molar-refractivity contribution is 5.91. The molecule has 0 aliphatic heterocycles. The van der Waals surface area contributed by atoms with E-state index in [0.717, 1.165) is 12.0 Å². The van der Waals surface area contributed by atoms with Gasteiger partial charge in [0.15, 0.2) is 0 Å². The summed E-state index contributed by atoms with van der Waals surface area (Å²) in [4.78, 5) is 38.2. The number of rotatable bonds is 11. The molecule has 0 bridgehead atoms. The van der Waals surface area contributed by atoms with Gasteiger partial charge in [0.2, 0.25) is 11.8 Å². The van der Waals surface area contributed by atoms with Crippen molar-refractivity contribution in [1.82, 2.24) is 10.6 Å². The molecule has 2 rings (SSSR count). The van der Waals surface area contributed by atoms with Crippen molar-refractivity contribution in [2.24, 2.45) is 11.8 Å². The summed E-state index contributed by atoms with van der Waals surface area (Å²) in [5.41, 5.74) is 0.926. The Balaban J connectivity index is 2.00. The van der Waals surface area contributed by atoms with E-state index in [1.807, 2.05) is 44.2 Å². The lowest BCUT2D eigenvalue weighted by Gasteiger charge is -2.25. The topological polar surface area (TPSA) is 84.5 Å². The van der Waals surface area contributed by atoms with Crippen LogP contribution in [0.2, 0.25) is 0 Å². The number of benzene rings is 1. The monoisotopic (exact) mass is 430 g/mol. The highest BCUT2D eigenvalue weighted by Crippen LogP contribution is 2.28. The van der Waals surface area contributed by atoms with E-state index in [1.165, 1.54) is 25.7 Å². The van der Waals surface area contributed by atoms with Gasteiger partial charge in [-0.05, 0) is 37.7 Å². The van der Waals surface area contributed by atoms with Gasteiger partial charge < -0.3 is 15.4 Å². The zero-order valence-electron chi connectivity index (χ0n) is 19.4. The number of esters is 1. The van der Waals surface area contributed by atoms with Crippen LogP contribution in [0.5, 0.6) is 0 Å². The summed E-state index contributed by atoms with van der Waals surface area (Å²) in [5, 5.41) is 5.71. The van der Waals surface area contributed by atoms with Gasteiger partial charge in [-0.25, -0.2) is 4.79 Å². The molecule has 1 aliphatic carbocycles. The molecule has 2 N–H and O–H groups in total. The number of amides is 2. The van der Waals surface area contributed by atoms with Crippen molar-refractivity contribution in [2.75, 3.05) is 0 Å². The average molecular weight is 431 g/mol. The van der Waals surface area contributed by atoms with Gasteiger partial charge >= 0.3 is 5.97 Å². The quantitative estimate of drug-likeness (QED) is 0.523. The van der Waals surface area contributed by atoms with Gasteiger partial charge in [0.05, 0.1) is 6.10 Å². The van der Waals surface area contributed by atoms with Gasteiger partial charge in [0.1, 0.15) is 12.1 Å². The molecule has 0 radical (unpaired) electrons. The molecule has 1 aromatic carbocycles. The number of hydrogen-bond donors (Lipinski definition) is 2. The minimum Gasteiger partial charge on any atom is -0.461 e. The molecule has 6 heteroatoms. The van der Waals surface area contributed by atoms with Crippen LogP contribution >= 0.6 is 0 Å². The smallest absolute Gasteiger partial charge is 0.329 e. The third-order valence-electron chi connectivity index (χ3n) is 5.76. The lowest BCUT2D eigenvalue weighted by molar-refractivity contribution is -0.151. The Bertz CT molecular complexity index is 711. The van der Waals surface area contributed by atoms with Gasteiger partial charge in [-0.1, -0.05) is 69.9 Å². The maximum Gasteiger partial charge on any atom is 0.329 e. The summed E-state index contributed by atoms with van der Waals surface area (Å²) in [6, 6.07) is 8.00. The number of carbonyl (C=O) groups is 3. The summed E-state index contributed by atoms with van der Waals surface area (Å²) in [6.45, 7) is 7.34. The zero-order chi connectivity index (χ0) is 22.8. The van der Waals surface area contributed by atoms with Crippen molar-refractivity contribution in [3.63, 3.8) is 0 Å². The maximum absolute atomic E-state index is 13.0. The van der Waals surface area contributed by atoms with Gasteiger partial charge in [0, 0.05) is 12.8 Å². The Kier molecular flexibility index (Phi) is 10.0. The second-order valence-electron chi connectivity index (χ2n) is 9.21. The van der Waals surface area contributed by atoms with E-state index >= 15 is 0 Å². The van der Waals surface area contributed by atoms with Crippen molar-refractivity contribution in [3.05, 3.63) is 35.9 Å². The van der Waals surface area contributed by atoms with Crippen molar-refractivity contribution in [2.45, 2.75) is 90.8 Å². The molecule has 1 aliphatic rings. The fraction of sp³-hybridized carbons (Fsp3) is 0.640. The molecule has 2 amide bonds. The van der Waals surface area contributed by atoms with Crippen LogP contribution < -0.4 is 10.6 Å². The number of ether oxygens (including phenoxy) is 1. The van der Waals surface area contributed by atoms with E-state index in [1.54, 1.807) is 13.8 Å². The summed E-state index contributed by atoms with van der Waals surface area (Å²) in [6.07, 6.45) is 6.25. The molecule has 2 atom stereocenters. The molecule has 31 heavy (non-hydrogen) atoms. The van der Waals surface area contributed by atoms with Crippen LogP contribution in [0.4, 0.5) is 0 Å². The van der Waals surface area contributed by atoms with Crippen molar-refractivity contribution >= 4 is 17.8 Å². The van der Waals surface area contributed by atoms with E-state index in [9.17, 15) is 14.4 Å². The van der Waals surface area contributed by atoms with Gasteiger partial charge in [0.25, 0.3) is 0 Å². The zero-order valence-corrected chi connectivity index (χ0v) is 19.4. The molecule has 172 valence electrons. The molecule has 0 unspecified atom stereocenters. The number of nitrogens with one attached hydrogen (secondary N) is 2. The highest BCUT2D eigenvalue weighted by atomic mass is 16.5. The molecule has 0 heterocycles. The third-order valence-corrected chi connectivity index (χ3v) is 5.76. The van der Waals surface area contributed by atoms with Crippen LogP contribution in [0, 0.1) is 11.8 Å². The lowest BCUT2D eigenvalue weighted by atomic mass is 9.99. The molecule has 0 spiro atoms. The van der Waals surface area contributed by atoms with E-state index < -0.39 is 18.1 Å². The summed E-state index contributed by atoms with van der Waals surface area (Å²) >= 11 is 0. The number of hydrogen-bond acceptors (Lipinski definition) is 4. The lowest BCUT2D eigenvalue weighted by Crippen LogP contribution is -2.54. The van der Waals surface area contributed by atoms with E-state index in [4.69, 9.17) is 4.74 Å². The fourth-order valence-electron chi connectivity index (χ4n) is 4.03. The molecule has 0 saturated heterocycles. The highest BCUT2D eigenvalue weighted by Gasteiger charge is 2.30. The Labute approximate surface area is 186 Å². The molecule has 6 nitrogen and oxygen atoms in total. The van der Waals surface area contributed by atoms with Gasteiger partial charge in [-0.15, -0.1) is 0 Å². The SMILES string of the molecule is CC(C)OC(=O)[C@@H](Cc1ccccc1)NC(=O)[C@@H](NC(=O)CCC1CCCC1)C(C)C. The Morgan fingerprint density at radius 1 is 1.00 bits per heavy atom. The minimum atomic E-state index is -0.811. The Morgan fingerprint density at radius 2 is 1.65 bits per heavy atom. The van der Waals surface area contributed by atoms with Gasteiger partial charge in [-0.3, -0.25) is 9.59 Å². The first-order valence-electron chi connectivity index (χ1n) is 11.6. The van der Waals surface area contributed by atoms with Crippen LogP contribution in [0.15, 0.2) is 30.3 Å². The number of carbonyl (C=O) groups excluding carboxylic acids is 3. The van der Waals surface area contributed by atoms with Crippen molar-refractivity contribution in [3.8, 4) is 0 Å². The fourth-order valence-corrected chi connectivity index (χ4v) is 4.03. The summed E-state index contributed by atoms with van der Waals surface area (Å²) in [5.74, 6) is -0.412. The Hall–Kier alpha value is -2.37. The first-order valence-corrected chi connectivity index (χ1v) is 11.6. The van der Waals surface area contributed by atoms with Crippen LogP contribution in [-0.2, 0) is 25.5 Å². The van der Waals surface area contributed by atoms with Crippen LogP contribution in [0.25, 0.3) is 0 Å². The van der Waals surface area contributed by atoms with Crippen LogP contribution in [0.1, 0.15) is 71.8 Å². The second-order valence-corrected chi connectivity index (χ2v) is 9.21. The summed E-state index contributed by atoms with van der Waals surface area (Å²) in [7, 11) is 0. The minimum absolute atomic E-state index is 0.103. The largest absolute Gasteiger partial charge is 0.461 e. The van der Waals surface area contributed by atoms with E-state index in [0.29, 0.717) is 18.8 Å². The Morgan fingerprint density at radius 3 is 2.23 bits per heavy atom.